The largest absolute Gasteiger partial charge is 0.334 e. The Kier molecular flexibility index (Phi) is 10.3. The Balaban J connectivity index is 1.94. The van der Waals surface area contributed by atoms with Crippen LogP contribution in [0.15, 0.2) is 91.0 Å². The molecule has 0 heterocycles. The summed E-state index contributed by atoms with van der Waals surface area (Å²) in [6.45, 7) is 13.1. The molecule has 3 rings (SSSR count). The van der Waals surface area contributed by atoms with E-state index in [4.69, 9.17) is 13.6 Å². The fraction of sp³-hybridized carbons (Fsp3) is 0.400. The number of rotatable bonds is 12. The summed E-state index contributed by atoms with van der Waals surface area (Å²) in [5.74, 6) is 0.800. The zero-order chi connectivity index (χ0) is 24.5. The molecule has 3 aromatic carbocycles. The lowest BCUT2D eigenvalue weighted by molar-refractivity contribution is 0.0272. The van der Waals surface area contributed by atoms with Crippen LogP contribution in [0, 0.1) is 17.8 Å². The molecule has 4 heteroatoms. The van der Waals surface area contributed by atoms with Gasteiger partial charge in [0.15, 0.2) is 0 Å². The van der Waals surface area contributed by atoms with Gasteiger partial charge in [-0.2, -0.15) is 0 Å². The minimum atomic E-state index is -1.65. The molecule has 182 valence electrons. The quantitative estimate of drug-likeness (QED) is 0.243. The van der Waals surface area contributed by atoms with Gasteiger partial charge in [-0.1, -0.05) is 133 Å². The van der Waals surface area contributed by atoms with E-state index in [-0.39, 0.29) is 36.1 Å². The number of benzene rings is 3. The van der Waals surface area contributed by atoms with E-state index >= 15 is 0 Å². The molecule has 0 fully saturated rings. The fourth-order valence-corrected chi connectivity index (χ4v) is 5.78. The van der Waals surface area contributed by atoms with Gasteiger partial charge in [0.2, 0.25) is 0 Å². The monoisotopic (exact) mass is 478 g/mol. The lowest BCUT2D eigenvalue weighted by Gasteiger charge is -2.33. The van der Waals surface area contributed by atoms with E-state index in [1.165, 1.54) is 0 Å². The molecule has 0 spiro atoms. The second-order valence-electron chi connectivity index (χ2n) is 9.77. The first kappa shape index (κ1) is 26.6. The molecule has 0 bridgehead atoms. The van der Waals surface area contributed by atoms with Crippen LogP contribution in [-0.2, 0) is 13.6 Å². The lowest BCUT2D eigenvalue weighted by atomic mass is 9.99. The molecular weight excluding hydrogens is 439 g/mol. The van der Waals surface area contributed by atoms with Gasteiger partial charge in [0.25, 0.3) is 0 Å². The highest BCUT2D eigenvalue weighted by Crippen LogP contribution is 2.55. The molecule has 3 unspecified atom stereocenters. The second kappa shape index (κ2) is 13.2. The maximum atomic E-state index is 6.72. The number of hydrogen-bond donors (Lipinski definition) is 0. The highest BCUT2D eigenvalue weighted by Gasteiger charge is 2.32. The van der Waals surface area contributed by atoms with Crippen molar-refractivity contribution in [2.24, 2.45) is 17.8 Å². The summed E-state index contributed by atoms with van der Waals surface area (Å²) in [4.78, 5) is 0. The minimum absolute atomic E-state index is 0.125. The summed E-state index contributed by atoms with van der Waals surface area (Å²) in [5.41, 5.74) is 3.41. The van der Waals surface area contributed by atoms with Crippen molar-refractivity contribution < 1.29 is 13.6 Å². The van der Waals surface area contributed by atoms with Crippen molar-refractivity contribution in [1.82, 2.24) is 0 Å². The number of hydrogen-bond acceptors (Lipinski definition) is 3. The maximum absolute atomic E-state index is 6.72. The fourth-order valence-electron chi connectivity index (χ4n) is 3.98. The standard InChI is InChI=1S/C30H39O3P/c1-22(2)28(25-16-10-7-11-17-25)31-34(32-29(23(3)4)26-18-12-8-13-19-26)33-30(24(5)6)27-20-14-9-15-21-27/h7-24,28-30H,1-6H3. The van der Waals surface area contributed by atoms with Gasteiger partial charge in [-0.15, -0.1) is 0 Å². The van der Waals surface area contributed by atoms with Crippen LogP contribution in [0.3, 0.4) is 0 Å². The van der Waals surface area contributed by atoms with Crippen molar-refractivity contribution >= 4 is 8.60 Å². The van der Waals surface area contributed by atoms with Crippen LogP contribution in [0.1, 0.15) is 76.5 Å². The molecule has 0 saturated carbocycles. The third-order valence-electron chi connectivity index (χ3n) is 5.80. The van der Waals surface area contributed by atoms with E-state index in [0.29, 0.717) is 0 Å². The molecule has 0 saturated heterocycles. The van der Waals surface area contributed by atoms with Crippen LogP contribution < -0.4 is 0 Å². The smallest absolute Gasteiger partial charge is 0.304 e. The molecule has 0 aliphatic heterocycles. The summed E-state index contributed by atoms with van der Waals surface area (Å²) in [5, 5.41) is 0. The van der Waals surface area contributed by atoms with Crippen molar-refractivity contribution in [3.8, 4) is 0 Å². The summed E-state index contributed by atoms with van der Waals surface area (Å²) >= 11 is 0. The topological polar surface area (TPSA) is 27.7 Å². The van der Waals surface area contributed by atoms with Gasteiger partial charge < -0.3 is 13.6 Å². The molecule has 3 aromatic rings. The minimum Gasteiger partial charge on any atom is -0.304 e. The average Bonchev–Trinajstić information content (AvgIpc) is 2.84. The van der Waals surface area contributed by atoms with E-state index in [2.05, 4.69) is 114 Å². The molecule has 0 N–H and O–H groups in total. The predicted octanol–water partition coefficient (Wildman–Crippen LogP) is 9.45. The second-order valence-corrected chi connectivity index (χ2v) is 10.8. The predicted molar refractivity (Wildman–Crippen MR) is 142 cm³/mol. The summed E-state index contributed by atoms with van der Waals surface area (Å²) in [6.07, 6.45) is -0.376. The van der Waals surface area contributed by atoms with Crippen LogP contribution >= 0.6 is 8.60 Å². The lowest BCUT2D eigenvalue weighted by Crippen LogP contribution is -2.17. The van der Waals surface area contributed by atoms with Crippen LogP contribution in [-0.4, -0.2) is 0 Å². The van der Waals surface area contributed by atoms with Crippen LogP contribution in [0.5, 0.6) is 0 Å². The first-order valence-electron chi connectivity index (χ1n) is 12.3. The summed E-state index contributed by atoms with van der Waals surface area (Å²) in [6, 6.07) is 31.1. The van der Waals surface area contributed by atoms with Gasteiger partial charge in [-0.05, 0) is 34.4 Å². The molecule has 0 aromatic heterocycles. The van der Waals surface area contributed by atoms with Gasteiger partial charge >= 0.3 is 8.60 Å². The SMILES string of the molecule is CC(C)C(OP(OC(c1ccccc1)C(C)C)OC(c1ccccc1)C(C)C)c1ccccc1. The molecule has 3 atom stereocenters. The van der Waals surface area contributed by atoms with Crippen LogP contribution in [0.25, 0.3) is 0 Å². The van der Waals surface area contributed by atoms with Crippen molar-refractivity contribution in [1.29, 1.82) is 0 Å². The van der Waals surface area contributed by atoms with E-state index in [0.717, 1.165) is 16.7 Å². The Hall–Kier alpha value is -2.03. The van der Waals surface area contributed by atoms with E-state index in [1.54, 1.807) is 0 Å². The van der Waals surface area contributed by atoms with Gasteiger partial charge in [0.1, 0.15) is 0 Å². The Bertz CT molecular complexity index is 817. The zero-order valence-electron chi connectivity index (χ0n) is 21.3. The summed E-state index contributed by atoms with van der Waals surface area (Å²) < 4.78 is 20.2. The summed E-state index contributed by atoms with van der Waals surface area (Å²) in [7, 11) is -1.65. The Morgan fingerprint density at radius 3 is 0.853 bits per heavy atom. The molecule has 3 nitrogen and oxygen atoms in total. The molecular formula is C30H39O3P. The molecule has 0 amide bonds. The van der Waals surface area contributed by atoms with Crippen molar-refractivity contribution in [2.75, 3.05) is 0 Å². The molecule has 34 heavy (non-hydrogen) atoms. The third-order valence-corrected chi connectivity index (χ3v) is 7.00. The average molecular weight is 479 g/mol. The zero-order valence-corrected chi connectivity index (χ0v) is 22.2. The van der Waals surface area contributed by atoms with Crippen LogP contribution in [0.4, 0.5) is 0 Å². The normalized spacial score (nSPS) is 15.4. The Morgan fingerprint density at radius 2 is 0.647 bits per heavy atom. The third kappa shape index (κ3) is 7.48. The van der Waals surface area contributed by atoms with Gasteiger partial charge in [0, 0.05) is 0 Å². The highest BCUT2D eigenvalue weighted by molar-refractivity contribution is 7.41. The van der Waals surface area contributed by atoms with E-state index < -0.39 is 8.60 Å². The van der Waals surface area contributed by atoms with Gasteiger partial charge in [-0.3, -0.25) is 0 Å². The van der Waals surface area contributed by atoms with Gasteiger partial charge in [-0.25, -0.2) is 0 Å². The van der Waals surface area contributed by atoms with E-state index in [1.807, 2.05) is 18.2 Å². The van der Waals surface area contributed by atoms with Crippen LogP contribution in [0.2, 0.25) is 0 Å². The maximum Gasteiger partial charge on any atom is 0.334 e. The van der Waals surface area contributed by atoms with E-state index in [9.17, 15) is 0 Å². The first-order chi connectivity index (χ1) is 16.4. The van der Waals surface area contributed by atoms with Gasteiger partial charge in [0.05, 0.1) is 18.3 Å². The molecule has 0 aliphatic rings. The Labute approximate surface area is 207 Å². The highest BCUT2D eigenvalue weighted by atomic mass is 31.2. The molecule has 0 radical (unpaired) electrons. The Morgan fingerprint density at radius 1 is 0.412 bits per heavy atom. The van der Waals surface area contributed by atoms with Crippen molar-refractivity contribution in [3.05, 3.63) is 108 Å². The van der Waals surface area contributed by atoms with Crippen molar-refractivity contribution in [2.45, 2.75) is 59.9 Å². The van der Waals surface area contributed by atoms with Crippen molar-refractivity contribution in [3.63, 3.8) is 0 Å². The first-order valence-corrected chi connectivity index (χ1v) is 13.4. The molecule has 0 aliphatic carbocycles.